The standard InChI is InChI=1S/C14H17F3O2/c1-11-6-5-7-12(10-11)19-9-4-2-3-8-13(18)14(15,16)17/h5-7,10H,2-4,8-9H2,1H3. The van der Waals surface area contributed by atoms with E-state index in [4.69, 9.17) is 4.74 Å². The zero-order chi connectivity index (χ0) is 14.3. The molecule has 0 bridgehead atoms. The molecule has 0 saturated carbocycles. The molecule has 0 N–H and O–H groups in total. The molecule has 0 spiro atoms. The Morgan fingerprint density at radius 3 is 2.58 bits per heavy atom. The molecular formula is C14H17F3O2. The van der Waals surface area contributed by atoms with E-state index in [0.29, 0.717) is 19.4 Å². The Bertz CT molecular complexity index is 413. The maximum Gasteiger partial charge on any atom is 0.449 e. The van der Waals surface area contributed by atoms with Crippen LogP contribution < -0.4 is 4.74 Å². The predicted octanol–water partition coefficient (Wildman–Crippen LogP) is 4.07. The summed E-state index contributed by atoms with van der Waals surface area (Å²) in [6, 6.07) is 7.57. The van der Waals surface area contributed by atoms with Crippen LogP contribution in [-0.4, -0.2) is 18.6 Å². The van der Waals surface area contributed by atoms with E-state index in [9.17, 15) is 18.0 Å². The van der Waals surface area contributed by atoms with Crippen molar-refractivity contribution in [3.63, 3.8) is 0 Å². The molecule has 5 heteroatoms. The molecule has 1 aromatic rings. The Balaban J connectivity index is 2.11. The molecule has 19 heavy (non-hydrogen) atoms. The largest absolute Gasteiger partial charge is 0.494 e. The summed E-state index contributed by atoms with van der Waals surface area (Å²) in [5, 5.41) is 0. The maximum atomic E-state index is 11.9. The van der Waals surface area contributed by atoms with Crippen molar-refractivity contribution in [2.24, 2.45) is 0 Å². The van der Waals surface area contributed by atoms with Crippen LogP contribution in [0.15, 0.2) is 24.3 Å². The van der Waals surface area contributed by atoms with Crippen molar-refractivity contribution in [3.8, 4) is 5.75 Å². The van der Waals surface area contributed by atoms with E-state index < -0.39 is 18.4 Å². The van der Waals surface area contributed by atoms with Crippen molar-refractivity contribution in [3.05, 3.63) is 29.8 Å². The third kappa shape index (κ3) is 6.27. The minimum absolute atomic E-state index is 0.246. The number of ether oxygens (including phenoxy) is 1. The van der Waals surface area contributed by atoms with Crippen LogP contribution in [0, 0.1) is 6.92 Å². The second-order valence-corrected chi connectivity index (χ2v) is 4.40. The van der Waals surface area contributed by atoms with Gasteiger partial charge in [-0.25, -0.2) is 0 Å². The second kappa shape index (κ2) is 7.16. The van der Waals surface area contributed by atoms with Gasteiger partial charge in [-0.2, -0.15) is 13.2 Å². The van der Waals surface area contributed by atoms with Crippen LogP contribution in [0.5, 0.6) is 5.75 Å². The molecule has 0 heterocycles. The zero-order valence-corrected chi connectivity index (χ0v) is 10.8. The highest BCUT2D eigenvalue weighted by molar-refractivity contribution is 5.83. The minimum Gasteiger partial charge on any atom is -0.494 e. The first-order chi connectivity index (χ1) is 8.89. The molecule has 0 saturated heterocycles. The van der Waals surface area contributed by atoms with Crippen molar-refractivity contribution in [1.29, 1.82) is 0 Å². The first-order valence-electron chi connectivity index (χ1n) is 6.19. The average Bonchev–Trinajstić information content (AvgIpc) is 2.32. The van der Waals surface area contributed by atoms with E-state index in [-0.39, 0.29) is 6.42 Å². The number of hydrogen-bond acceptors (Lipinski definition) is 2. The fraction of sp³-hybridized carbons (Fsp3) is 0.500. The molecular weight excluding hydrogens is 257 g/mol. The van der Waals surface area contributed by atoms with Crippen molar-refractivity contribution >= 4 is 5.78 Å². The van der Waals surface area contributed by atoms with Gasteiger partial charge in [0, 0.05) is 6.42 Å². The second-order valence-electron chi connectivity index (χ2n) is 4.40. The topological polar surface area (TPSA) is 26.3 Å². The lowest BCUT2D eigenvalue weighted by Crippen LogP contribution is -2.22. The highest BCUT2D eigenvalue weighted by atomic mass is 19.4. The Morgan fingerprint density at radius 2 is 1.95 bits per heavy atom. The molecule has 0 atom stereocenters. The van der Waals surface area contributed by atoms with Gasteiger partial charge in [-0.1, -0.05) is 12.1 Å². The van der Waals surface area contributed by atoms with E-state index in [2.05, 4.69) is 0 Å². The van der Waals surface area contributed by atoms with Crippen LogP contribution in [-0.2, 0) is 4.79 Å². The van der Waals surface area contributed by atoms with E-state index in [1.165, 1.54) is 0 Å². The zero-order valence-electron chi connectivity index (χ0n) is 10.8. The highest BCUT2D eigenvalue weighted by Gasteiger charge is 2.36. The van der Waals surface area contributed by atoms with Crippen LogP contribution in [0.1, 0.15) is 31.2 Å². The van der Waals surface area contributed by atoms with Gasteiger partial charge in [0.2, 0.25) is 5.78 Å². The van der Waals surface area contributed by atoms with Gasteiger partial charge in [-0.3, -0.25) is 4.79 Å². The normalized spacial score (nSPS) is 11.4. The fourth-order valence-corrected chi connectivity index (χ4v) is 1.60. The molecule has 1 rings (SSSR count). The molecule has 106 valence electrons. The number of carbonyl (C=O) groups is 1. The van der Waals surface area contributed by atoms with Crippen molar-refractivity contribution in [1.82, 2.24) is 0 Å². The fourth-order valence-electron chi connectivity index (χ4n) is 1.60. The number of Topliss-reactive ketones (excluding diaryl/α,β-unsaturated/α-hetero) is 1. The van der Waals surface area contributed by atoms with E-state index >= 15 is 0 Å². The summed E-state index contributed by atoms with van der Waals surface area (Å²) in [6.45, 7) is 2.40. The third-order valence-electron chi connectivity index (χ3n) is 2.62. The van der Waals surface area contributed by atoms with Crippen molar-refractivity contribution in [2.75, 3.05) is 6.61 Å². The van der Waals surface area contributed by atoms with Crippen LogP contribution in [0.2, 0.25) is 0 Å². The quantitative estimate of drug-likeness (QED) is 0.701. The Hall–Kier alpha value is -1.52. The van der Waals surface area contributed by atoms with Crippen molar-refractivity contribution < 1.29 is 22.7 Å². The molecule has 0 fully saturated rings. The van der Waals surface area contributed by atoms with Crippen LogP contribution in [0.3, 0.4) is 0 Å². The van der Waals surface area contributed by atoms with Gasteiger partial charge in [0.25, 0.3) is 0 Å². The highest BCUT2D eigenvalue weighted by Crippen LogP contribution is 2.19. The van der Waals surface area contributed by atoms with Gasteiger partial charge in [-0.05, 0) is 43.9 Å². The first-order valence-corrected chi connectivity index (χ1v) is 6.19. The Labute approximate surface area is 110 Å². The first kappa shape index (κ1) is 15.5. The summed E-state index contributed by atoms with van der Waals surface area (Å²) in [5.41, 5.74) is 1.09. The SMILES string of the molecule is Cc1cccc(OCCCCCC(=O)C(F)(F)F)c1. The van der Waals surface area contributed by atoms with Gasteiger partial charge in [0.15, 0.2) is 0 Å². The Kier molecular flexibility index (Phi) is 5.86. The molecule has 0 radical (unpaired) electrons. The average molecular weight is 274 g/mol. The number of aryl methyl sites for hydroxylation is 1. The van der Waals surface area contributed by atoms with Crippen LogP contribution in [0.4, 0.5) is 13.2 Å². The van der Waals surface area contributed by atoms with Gasteiger partial charge in [0.05, 0.1) is 6.61 Å². The number of hydrogen-bond donors (Lipinski definition) is 0. The predicted molar refractivity (Wildman–Crippen MR) is 66.2 cm³/mol. The summed E-state index contributed by atoms with van der Waals surface area (Å²) in [7, 11) is 0. The lowest BCUT2D eigenvalue weighted by Gasteiger charge is -2.07. The smallest absolute Gasteiger partial charge is 0.449 e. The monoisotopic (exact) mass is 274 g/mol. The molecule has 2 nitrogen and oxygen atoms in total. The lowest BCUT2D eigenvalue weighted by molar-refractivity contribution is -0.171. The minimum atomic E-state index is -4.70. The molecule has 0 unspecified atom stereocenters. The number of unbranched alkanes of at least 4 members (excludes halogenated alkanes) is 2. The summed E-state index contributed by atoms with van der Waals surface area (Å²) >= 11 is 0. The number of benzene rings is 1. The van der Waals surface area contributed by atoms with Gasteiger partial charge < -0.3 is 4.74 Å². The number of alkyl halides is 3. The molecule has 0 aliphatic rings. The summed E-state index contributed by atoms with van der Waals surface area (Å²) in [4.78, 5) is 10.6. The Morgan fingerprint density at radius 1 is 1.21 bits per heavy atom. The van der Waals surface area contributed by atoms with E-state index in [1.807, 2.05) is 31.2 Å². The van der Waals surface area contributed by atoms with Gasteiger partial charge in [-0.15, -0.1) is 0 Å². The van der Waals surface area contributed by atoms with Crippen LogP contribution in [0.25, 0.3) is 0 Å². The molecule has 0 aliphatic heterocycles. The van der Waals surface area contributed by atoms with Crippen molar-refractivity contribution in [2.45, 2.75) is 38.8 Å². The number of halogens is 3. The molecule has 1 aromatic carbocycles. The van der Waals surface area contributed by atoms with E-state index in [0.717, 1.165) is 11.3 Å². The maximum absolute atomic E-state index is 11.9. The summed E-state index contributed by atoms with van der Waals surface area (Å²) < 4.78 is 41.2. The molecule has 0 aliphatic carbocycles. The number of carbonyl (C=O) groups excluding carboxylic acids is 1. The molecule has 0 amide bonds. The lowest BCUT2D eigenvalue weighted by atomic mass is 10.1. The number of rotatable bonds is 7. The summed E-state index contributed by atoms with van der Waals surface area (Å²) in [5.74, 6) is -0.890. The number of ketones is 1. The summed E-state index contributed by atoms with van der Waals surface area (Å²) in [6.07, 6.45) is -3.70. The third-order valence-corrected chi connectivity index (χ3v) is 2.62. The van der Waals surface area contributed by atoms with E-state index in [1.54, 1.807) is 0 Å². The van der Waals surface area contributed by atoms with Crippen LogP contribution >= 0.6 is 0 Å². The molecule has 0 aromatic heterocycles. The van der Waals surface area contributed by atoms with Gasteiger partial charge in [0.1, 0.15) is 5.75 Å². The van der Waals surface area contributed by atoms with Gasteiger partial charge >= 0.3 is 6.18 Å².